The Labute approximate surface area is 154 Å². The van der Waals surface area contributed by atoms with Gasteiger partial charge in [0.05, 0.1) is 27.8 Å². The van der Waals surface area contributed by atoms with Gasteiger partial charge in [-0.3, -0.25) is 9.59 Å². The van der Waals surface area contributed by atoms with Crippen LogP contribution in [0, 0.1) is 6.92 Å². The first-order valence-corrected chi connectivity index (χ1v) is 8.80. The van der Waals surface area contributed by atoms with Crippen LogP contribution >= 0.6 is 22.9 Å². The number of fused-ring (bicyclic) bond motifs is 1. The first kappa shape index (κ1) is 17.4. The normalized spacial score (nSPS) is 10.9. The number of thiophene rings is 1. The fraction of sp³-hybridized carbons (Fsp3) is 0.235. The van der Waals surface area contributed by atoms with Gasteiger partial charge < -0.3 is 10.2 Å². The van der Waals surface area contributed by atoms with Crippen molar-refractivity contribution in [3.05, 3.63) is 45.9 Å². The Morgan fingerprint density at radius 3 is 2.72 bits per heavy atom. The van der Waals surface area contributed by atoms with Crippen LogP contribution in [0.5, 0.6) is 0 Å². The average molecular weight is 377 g/mol. The standard InChI is InChI=1S/C17H17ClN4O2S/c1-10-11-8-14(16(24)19-9-15(23)21(2)3)25-17(11)22(20-10)13-7-5-4-6-12(13)18/h4-8H,9H2,1-3H3,(H,19,24). The Kier molecular flexibility index (Phi) is 4.78. The highest BCUT2D eigenvalue weighted by Crippen LogP contribution is 2.32. The molecule has 0 bridgehead atoms. The second-order valence-corrected chi connectivity index (χ2v) is 7.19. The summed E-state index contributed by atoms with van der Waals surface area (Å²) in [5.41, 5.74) is 1.58. The third-order valence-electron chi connectivity index (χ3n) is 3.75. The molecule has 25 heavy (non-hydrogen) atoms. The Bertz CT molecular complexity index is 961. The van der Waals surface area contributed by atoms with Gasteiger partial charge >= 0.3 is 0 Å². The molecule has 0 spiro atoms. The van der Waals surface area contributed by atoms with Crippen molar-refractivity contribution in [3.63, 3.8) is 0 Å². The zero-order valence-corrected chi connectivity index (χ0v) is 15.6. The van der Waals surface area contributed by atoms with E-state index in [0.29, 0.717) is 9.90 Å². The molecule has 0 aliphatic rings. The zero-order valence-electron chi connectivity index (χ0n) is 14.0. The molecule has 0 radical (unpaired) electrons. The van der Waals surface area contributed by atoms with E-state index in [1.165, 1.54) is 16.2 Å². The van der Waals surface area contributed by atoms with Crippen LogP contribution < -0.4 is 5.32 Å². The fourth-order valence-electron chi connectivity index (χ4n) is 2.35. The van der Waals surface area contributed by atoms with Crippen LogP contribution in [0.2, 0.25) is 5.02 Å². The summed E-state index contributed by atoms with van der Waals surface area (Å²) < 4.78 is 1.75. The van der Waals surface area contributed by atoms with E-state index in [-0.39, 0.29) is 18.4 Å². The lowest BCUT2D eigenvalue weighted by molar-refractivity contribution is -0.127. The van der Waals surface area contributed by atoms with Gasteiger partial charge in [0.1, 0.15) is 4.83 Å². The largest absolute Gasteiger partial charge is 0.347 e. The second kappa shape index (κ2) is 6.85. The van der Waals surface area contributed by atoms with Crippen molar-refractivity contribution in [2.45, 2.75) is 6.92 Å². The molecule has 8 heteroatoms. The Hall–Kier alpha value is -2.38. The van der Waals surface area contributed by atoms with Crippen LogP contribution in [0.3, 0.4) is 0 Å². The van der Waals surface area contributed by atoms with E-state index in [9.17, 15) is 9.59 Å². The summed E-state index contributed by atoms with van der Waals surface area (Å²) in [6.07, 6.45) is 0. The number of halogens is 1. The number of benzene rings is 1. The Morgan fingerprint density at radius 2 is 2.04 bits per heavy atom. The molecule has 1 aromatic carbocycles. The van der Waals surface area contributed by atoms with Crippen molar-refractivity contribution in [2.75, 3.05) is 20.6 Å². The molecule has 0 fully saturated rings. The number of carbonyl (C=O) groups excluding carboxylic acids is 2. The molecule has 2 heterocycles. The van der Waals surface area contributed by atoms with Crippen LogP contribution in [-0.4, -0.2) is 47.1 Å². The van der Waals surface area contributed by atoms with Gasteiger partial charge in [-0.15, -0.1) is 11.3 Å². The lowest BCUT2D eigenvalue weighted by atomic mass is 10.3. The van der Waals surface area contributed by atoms with Gasteiger partial charge in [-0.25, -0.2) is 4.68 Å². The van der Waals surface area contributed by atoms with Crippen LogP contribution in [0.4, 0.5) is 0 Å². The van der Waals surface area contributed by atoms with Gasteiger partial charge in [0.25, 0.3) is 5.91 Å². The van der Waals surface area contributed by atoms with Gasteiger partial charge in [0.15, 0.2) is 0 Å². The molecule has 2 amide bonds. The highest BCUT2D eigenvalue weighted by atomic mass is 35.5. The number of rotatable bonds is 4. The third-order valence-corrected chi connectivity index (χ3v) is 5.18. The molecule has 2 aromatic heterocycles. The number of hydrogen-bond donors (Lipinski definition) is 1. The summed E-state index contributed by atoms with van der Waals surface area (Å²) in [5, 5.41) is 8.66. The van der Waals surface area contributed by atoms with Gasteiger partial charge in [0.2, 0.25) is 5.91 Å². The van der Waals surface area contributed by atoms with Gasteiger partial charge in [0, 0.05) is 19.5 Å². The number of aromatic nitrogens is 2. The molecule has 0 unspecified atom stereocenters. The number of nitrogens with one attached hydrogen (secondary N) is 1. The van der Waals surface area contributed by atoms with E-state index in [4.69, 9.17) is 11.6 Å². The quantitative estimate of drug-likeness (QED) is 0.761. The molecular formula is C17H17ClN4O2S. The second-order valence-electron chi connectivity index (χ2n) is 5.75. The summed E-state index contributed by atoms with van der Waals surface area (Å²) in [6.45, 7) is 1.86. The number of likely N-dealkylation sites (N-methyl/N-ethyl adjacent to an activating group) is 1. The molecule has 0 aliphatic carbocycles. The van der Waals surface area contributed by atoms with Crippen molar-refractivity contribution in [1.82, 2.24) is 20.0 Å². The number of carbonyl (C=O) groups is 2. The highest BCUT2D eigenvalue weighted by molar-refractivity contribution is 7.20. The molecule has 0 atom stereocenters. The van der Waals surface area contributed by atoms with Crippen molar-refractivity contribution in [2.24, 2.45) is 0 Å². The lowest BCUT2D eigenvalue weighted by Gasteiger charge is -2.10. The smallest absolute Gasteiger partial charge is 0.261 e. The minimum Gasteiger partial charge on any atom is -0.347 e. The predicted octanol–water partition coefficient (Wildman–Crippen LogP) is 2.87. The molecule has 6 nitrogen and oxygen atoms in total. The van der Waals surface area contributed by atoms with Crippen molar-refractivity contribution < 1.29 is 9.59 Å². The highest BCUT2D eigenvalue weighted by Gasteiger charge is 2.18. The molecule has 0 aliphatic heterocycles. The predicted molar refractivity (Wildman–Crippen MR) is 99.7 cm³/mol. The van der Waals surface area contributed by atoms with E-state index in [0.717, 1.165) is 21.6 Å². The van der Waals surface area contributed by atoms with E-state index < -0.39 is 0 Å². The molecule has 0 saturated heterocycles. The number of amides is 2. The summed E-state index contributed by atoms with van der Waals surface area (Å²) in [5.74, 6) is -0.436. The molecule has 130 valence electrons. The fourth-order valence-corrected chi connectivity index (χ4v) is 3.65. The summed E-state index contributed by atoms with van der Waals surface area (Å²) in [7, 11) is 3.30. The minimum atomic E-state index is -0.276. The van der Waals surface area contributed by atoms with Gasteiger partial charge in [-0.05, 0) is 25.1 Å². The molecular weight excluding hydrogens is 360 g/mol. The van der Waals surface area contributed by atoms with Crippen molar-refractivity contribution in [3.8, 4) is 5.69 Å². The molecule has 3 aromatic rings. The zero-order chi connectivity index (χ0) is 18.1. The van der Waals surface area contributed by atoms with Crippen LogP contribution in [-0.2, 0) is 4.79 Å². The number of aryl methyl sites for hydroxylation is 1. The van der Waals surface area contributed by atoms with Crippen LogP contribution in [0.15, 0.2) is 30.3 Å². The lowest BCUT2D eigenvalue weighted by Crippen LogP contribution is -2.35. The number of nitrogens with zero attached hydrogens (tertiary/aromatic N) is 3. The Morgan fingerprint density at radius 1 is 1.32 bits per heavy atom. The van der Waals surface area contributed by atoms with E-state index in [1.807, 2.05) is 25.1 Å². The number of hydrogen-bond acceptors (Lipinski definition) is 4. The van der Waals surface area contributed by atoms with Gasteiger partial charge in [-0.1, -0.05) is 23.7 Å². The van der Waals surface area contributed by atoms with E-state index in [2.05, 4.69) is 10.4 Å². The number of para-hydroxylation sites is 1. The molecule has 0 saturated carbocycles. The first-order chi connectivity index (χ1) is 11.9. The summed E-state index contributed by atoms with van der Waals surface area (Å²) in [4.78, 5) is 26.8. The third kappa shape index (κ3) is 3.38. The van der Waals surface area contributed by atoms with Gasteiger partial charge in [-0.2, -0.15) is 5.10 Å². The van der Waals surface area contributed by atoms with E-state index in [1.54, 1.807) is 30.9 Å². The average Bonchev–Trinajstić information content (AvgIpc) is 3.14. The van der Waals surface area contributed by atoms with E-state index >= 15 is 0 Å². The Balaban J connectivity index is 1.93. The minimum absolute atomic E-state index is 0.0320. The maximum Gasteiger partial charge on any atom is 0.261 e. The first-order valence-electron chi connectivity index (χ1n) is 7.61. The van der Waals surface area contributed by atoms with Crippen molar-refractivity contribution >= 4 is 45.0 Å². The topological polar surface area (TPSA) is 67.2 Å². The van der Waals surface area contributed by atoms with Crippen molar-refractivity contribution in [1.29, 1.82) is 0 Å². The molecule has 1 N–H and O–H groups in total. The maximum atomic E-state index is 12.3. The van der Waals surface area contributed by atoms with Crippen LogP contribution in [0.25, 0.3) is 15.9 Å². The van der Waals surface area contributed by atoms with Crippen LogP contribution in [0.1, 0.15) is 15.4 Å². The SMILES string of the molecule is Cc1nn(-c2ccccc2Cl)c2sc(C(=O)NCC(=O)N(C)C)cc12. The summed E-state index contributed by atoms with van der Waals surface area (Å²) in [6, 6.07) is 9.22. The maximum absolute atomic E-state index is 12.3. The summed E-state index contributed by atoms with van der Waals surface area (Å²) >= 11 is 7.60. The molecule has 3 rings (SSSR count). The monoisotopic (exact) mass is 376 g/mol.